The predicted molar refractivity (Wildman–Crippen MR) is 87.7 cm³/mol. The highest BCUT2D eigenvalue weighted by Crippen LogP contribution is 2.28. The molecule has 1 amide bonds. The molecule has 1 aliphatic carbocycles. The number of nitrogens with one attached hydrogen (secondary N) is 2. The molecule has 0 spiro atoms. The molecule has 2 heterocycles. The Balaban J connectivity index is 0.00000161. The summed E-state index contributed by atoms with van der Waals surface area (Å²) in [6.45, 7) is 6.64. The van der Waals surface area contributed by atoms with Crippen LogP contribution >= 0.6 is 12.4 Å². The SMILES string of the molecule is Cl.O=C(NCC1CC1)C1CCCN(CC2CCNCC2)C1. The van der Waals surface area contributed by atoms with Crippen LogP contribution in [-0.4, -0.2) is 50.1 Å². The first-order chi connectivity index (χ1) is 9.81. The molecule has 0 aromatic rings. The van der Waals surface area contributed by atoms with Crippen LogP contribution in [0.1, 0.15) is 38.5 Å². The summed E-state index contributed by atoms with van der Waals surface area (Å²) in [7, 11) is 0. The zero-order valence-corrected chi connectivity index (χ0v) is 13.8. The number of piperidine rings is 2. The van der Waals surface area contributed by atoms with E-state index in [1.165, 1.54) is 58.3 Å². The second-order valence-electron chi connectivity index (χ2n) is 6.98. The van der Waals surface area contributed by atoms with Gasteiger partial charge in [0.1, 0.15) is 0 Å². The maximum atomic E-state index is 12.2. The number of nitrogens with zero attached hydrogens (tertiary/aromatic N) is 1. The summed E-state index contributed by atoms with van der Waals surface area (Å²) < 4.78 is 0. The minimum atomic E-state index is 0. The highest BCUT2D eigenvalue weighted by molar-refractivity contribution is 5.85. The molecule has 3 rings (SSSR count). The van der Waals surface area contributed by atoms with E-state index in [-0.39, 0.29) is 18.3 Å². The number of hydrogen-bond acceptors (Lipinski definition) is 3. The van der Waals surface area contributed by atoms with Crippen molar-refractivity contribution in [2.45, 2.75) is 38.5 Å². The number of hydrogen-bond donors (Lipinski definition) is 2. The Morgan fingerprint density at radius 1 is 1.10 bits per heavy atom. The molecule has 21 heavy (non-hydrogen) atoms. The van der Waals surface area contributed by atoms with Crippen molar-refractivity contribution in [3.63, 3.8) is 0 Å². The largest absolute Gasteiger partial charge is 0.356 e. The molecule has 2 aliphatic heterocycles. The van der Waals surface area contributed by atoms with Crippen LogP contribution in [0.2, 0.25) is 0 Å². The van der Waals surface area contributed by atoms with Crippen molar-refractivity contribution in [3.8, 4) is 0 Å². The Morgan fingerprint density at radius 2 is 1.86 bits per heavy atom. The van der Waals surface area contributed by atoms with Gasteiger partial charge in [-0.05, 0) is 70.0 Å². The van der Waals surface area contributed by atoms with Gasteiger partial charge in [-0.25, -0.2) is 0 Å². The van der Waals surface area contributed by atoms with Crippen LogP contribution in [0.4, 0.5) is 0 Å². The number of carbonyl (C=O) groups is 1. The molecule has 5 heteroatoms. The predicted octanol–water partition coefficient (Wildman–Crippen LogP) is 1.65. The van der Waals surface area contributed by atoms with Crippen LogP contribution < -0.4 is 10.6 Å². The Labute approximate surface area is 134 Å². The summed E-state index contributed by atoms with van der Waals surface area (Å²) in [6, 6.07) is 0. The summed E-state index contributed by atoms with van der Waals surface area (Å²) in [4.78, 5) is 14.8. The fraction of sp³-hybridized carbons (Fsp3) is 0.938. The minimum Gasteiger partial charge on any atom is -0.356 e. The number of likely N-dealkylation sites (tertiary alicyclic amines) is 1. The van der Waals surface area contributed by atoms with Gasteiger partial charge in [-0.2, -0.15) is 0 Å². The van der Waals surface area contributed by atoms with Crippen molar-refractivity contribution in [1.82, 2.24) is 15.5 Å². The molecule has 3 fully saturated rings. The molecule has 1 unspecified atom stereocenters. The van der Waals surface area contributed by atoms with Crippen molar-refractivity contribution in [2.75, 3.05) is 39.3 Å². The van der Waals surface area contributed by atoms with Crippen LogP contribution in [0.5, 0.6) is 0 Å². The monoisotopic (exact) mass is 315 g/mol. The van der Waals surface area contributed by atoms with Gasteiger partial charge in [0, 0.05) is 19.6 Å². The Kier molecular flexibility index (Phi) is 6.77. The zero-order chi connectivity index (χ0) is 13.8. The molecule has 0 aromatic heterocycles. The third kappa shape index (κ3) is 5.42. The van der Waals surface area contributed by atoms with Crippen molar-refractivity contribution < 1.29 is 4.79 Å². The van der Waals surface area contributed by atoms with Crippen LogP contribution in [0.3, 0.4) is 0 Å². The molecule has 122 valence electrons. The van der Waals surface area contributed by atoms with Gasteiger partial charge in [0.15, 0.2) is 0 Å². The van der Waals surface area contributed by atoms with E-state index in [1.54, 1.807) is 0 Å². The molecule has 1 atom stereocenters. The maximum Gasteiger partial charge on any atom is 0.224 e. The van der Waals surface area contributed by atoms with Gasteiger partial charge in [0.05, 0.1) is 5.92 Å². The Bertz CT molecular complexity index is 329. The topological polar surface area (TPSA) is 44.4 Å². The lowest BCUT2D eigenvalue weighted by Crippen LogP contribution is -2.45. The number of halogens is 1. The van der Waals surface area contributed by atoms with E-state index in [9.17, 15) is 4.79 Å². The van der Waals surface area contributed by atoms with Gasteiger partial charge >= 0.3 is 0 Å². The number of amides is 1. The fourth-order valence-electron chi connectivity index (χ4n) is 3.58. The van der Waals surface area contributed by atoms with Gasteiger partial charge in [-0.1, -0.05) is 0 Å². The lowest BCUT2D eigenvalue weighted by atomic mass is 9.93. The van der Waals surface area contributed by atoms with E-state index in [2.05, 4.69) is 15.5 Å². The third-order valence-corrected chi connectivity index (χ3v) is 5.11. The average molecular weight is 316 g/mol. The minimum absolute atomic E-state index is 0. The zero-order valence-electron chi connectivity index (χ0n) is 13.0. The molecule has 1 saturated carbocycles. The van der Waals surface area contributed by atoms with E-state index >= 15 is 0 Å². The highest BCUT2D eigenvalue weighted by atomic mass is 35.5. The first-order valence-corrected chi connectivity index (χ1v) is 8.52. The summed E-state index contributed by atoms with van der Waals surface area (Å²) >= 11 is 0. The molecule has 2 N–H and O–H groups in total. The molecule has 3 aliphatic rings. The molecular weight excluding hydrogens is 286 g/mol. The standard InChI is InChI=1S/C16H29N3O.ClH/c20-16(18-10-13-3-4-13)15-2-1-9-19(12-15)11-14-5-7-17-8-6-14;/h13-15,17H,1-12H2,(H,18,20);1H. The summed E-state index contributed by atoms with van der Waals surface area (Å²) in [5.74, 6) is 2.18. The average Bonchev–Trinajstić information content (AvgIpc) is 3.30. The second-order valence-corrected chi connectivity index (χ2v) is 6.98. The first-order valence-electron chi connectivity index (χ1n) is 8.52. The quantitative estimate of drug-likeness (QED) is 0.811. The van der Waals surface area contributed by atoms with Gasteiger partial charge < -0.3 is 15.5 Å². The van der Waals surface area contributed by atoms with Gasteiger partial charge in [-0.3, -0.25) is 4.79 Å². The van der Waals surface area contributed by atoms with Gasteiger partial charge in [0.2, 0.25) is 5.91 Å². The van der Waals surface area contributed by atoms with E-state index < -0.39 is 0 Å². The van der Waals surface area contributed by atoms with Gasteiger partial charge in [-0.15, -0.1) is 12.4 Å². The van der Waals surface area contributed by atoms with E-state index in [1.807, 2.05) is 0 Å². The third-order valence-electron chi connectivity index (χ3n) is 5.11. The number of carbonyl (C=O) groups excluding carboxylic acids is 1. The first kappa shape index (κ1) is 17.0. The van der Waals surface area contributed by atoms with E-state index in [0.717, 1.165) is 31.3 Å². The summed E-state index contributed by atoms with van der Waals surface area (Å²) in [5.41, 5.74) is 0. The van der Waals surface area contributed by atoms with Crippen molar-refractivity contribution in [1.29, 1.82) is 0 Å². The number of rotatable bonds is 5. The van der Waals surface area contributed by atoms with Crippen molar-refractivity contribution in [3.05, 3.63) is 0 Å². The normalized spacial score (nSPS) is 27.9. The molecule has 4 nitrogen and oxygen atoms in total. The molecule has 0 bridgehead atoms. The van der Waals surface area contributed by atoms with Crippen molar-refractivity contribution in [2.24, 2.45) is 17.8 Å². The van der Waals surface area contributed by atoms with E-state index in [0.29, 0.717) is 5.91 Å². The van der Waals surface area contributed by atoms with Crippen LogP contribution in [-0.2, 0) is 4.79 Å². The second kappa shape index (κ2) is 8.35. The Morgan fingerprint density at radius 3 is 2.57 bits per heavy atom. The van der Waals surface area contributed by atoms with Gasteiger partial charge in [0.25, 0.3) is 0 Å². The van der Waals surface area contributed by atoms with Crippen LogP contribution in [0.15, 0.2) is 0 Å². The Hall–Kier alpha value is -0.320. The van der Waals surface area contributed by atoms with E-state index in [4.69, 9.17) is 0 Å². The molecular formula is C16H30ClN3O. The smallest absolute Gasteiger partial charge is 0.224 e. The van der Waals surface area contributed by atoms with Crippen LogP contribution in [0.25, 0.3) is 0 Å². The fourth-order valence-corrected chi connectivity index (χ4v) is 3.58. The summed E-state index contributed by atoms with van der Waals surface area (Å²) in [5, 5.41) is 6.59. The summed E-state index contributed by atoms with van der Waals surface area (Å²) in [6.07, 6.45) is 7.50. The maximum absolute atomic E-state index is 12.2. The molecule has 0 radical (unpaired) electrons. The highest BCUT2D eigenvalue weighted by Gasteiger charge is 2.29. The molecule has 0 aromatic carbocycles. The van der Waals surface area contributed by atoms with Crippen LogP contribution in [0, 0.1) is 17.8 Å². The molecule has 2 saturated heterocycles. The lowest BCUT2D eigenvalue weighted by molar-refractivity contribution is -0.126. The van der Waals surface area contributed by atoms with Crippen molar-refractivity contribution >= 4 is 18.3 Å². The lowest BCUT2D eigenvalue weighted by Gasteiger charge is -2.35.